The van der Waals surface area contributed by atoms with Crippen molar-refractivity contribution in [3.05, 3.63) is 0 Å². The van der Waals surface area contributed by atoms with Gasteiger partial charge in [-0.05, 0) is 12.8 Å². The number of carbonyl (C=O) groups excluding carboxylic acids is 1. The number of ketones is 1. The second-order valence-corrected chi connectivity index (χ2v) is 5.41. The van der Waals surface area contributed by atoms with E-state index >= 15 is 0 Å². The summed E-state index contributed by atoms with van der Waals surface area (Å²) in [4.78, 5) is 11.6. The highest BCUT2D eigenvalue weighted by molar-refractivity contribution is 5.78. The molecule has 1 unspecified atom stereocenters. The van der Waals surface area contributed by atoms with Gasteiger partial charge in [0.05, 0.1) is 6.10 Å². The first kappa shape index (κ1) is 17.6. The Morgan fingerprint density at radius 2 is 1.44 bits per heavy atom. The molecule has 0 saturated carbocycles. The highest BCUT2D eigenvalue weighted by atomic mass is 16.3. The molecule has 0 aliphatic heterocycles. The SMILES string of the molecule is CCCCCCCCCC(=O)CC(O)CCCC. The van der Waals surface area contributed by atoms with E-state index in [2.05, 4.69) is 13.8 Å². The topological polar surface area (TPSA) is 37.3 Å². The van der Waals surface area contributed by atoms with E-state index in [1.807, 2.05) is 0 Å². The first-order valence-corrected chi connectivity index (χ1v) is 7.90. The van der Waals surface area contributed by atoms with E-state index < -0.39 is 6.10 Å². The van der Waals surface area contributed by atoms with E-state index in [9.17, 15) is 9.90 Å². The Kier molecular flexibility index (Phi) is 12.8. The number of rotatable bonds is 13. The van der Waals surface area contributed by atoms with Crippen molar-refractivity contribution in [2.24, 2.45) is 0 Å². The second-order valence-electron chi connectivity index (χ2n) is 5.41. The molecule has 18 heavy (non-hydrogen) atoms. The van der Waals surface area contributed by atoms with Crippen LogP contribution < -0.4 is 0 Å². The molecule has 0 aromatic carbocycles. The molecule has 0 aliphatic rings. The van der Waals surface area contributed by atoms with Gasteiger partial charge in [0, 0.05) is 12.8 Å². The standard InChI is InChI=1S/C16H32O2/c1-3-5-7-8-9-10-11-13-16(18)14-15(17)12-6-4-2/h15,17H,3-14H2,1-2H3. The highest BCUT2D eigenvalue weighted by Gasteiger charge is 2.09. The summed E-state index contributed by atoms with van der Waals surface area (Å²) in [7, 11) is 0. The minimum atomic E-state index is -0.401. The van der Waals surface area contributed by atoms with Gasteiger partial charge in [-0.25, -0.2) is 0 Å². The van der Waals surface area contributed by atoms with E-state index in [0.29, 0.717) is 12.8 Å². The molecule has 0 rings (SSSR count). The van der Waals surface area contributed by atoms with Crippen LogP contribution in [0.4, 0.5) is 0 Å². The van der Waals surface area contributed by atoms with Crippen molar-refractivity contribution in [2.75, 3.05) is 0 Å². The van der Waals surface area contributed by atoms with Gasteiger partial charge in [0.15, 0.2) is 0 Å². The van der Waals surface area contributed by atoms with Gasteiger partial charge < -0.3 is 5.11 Å². The fourth-order valence-electron chi connectivity index (χ4n) is 2.19. The minimum absolute atomic E-state index is 0.243. The molecule has 0 radical (unpaired) electrons. The highest BCUT2D eigenvalue weighted by Crippen LogP contribution is 2.11. The van der Waals surface area contributed by atoms with Crippen LogP contribution >= 0.6 is 0 Å². The Bertz CT molecular complexity index is 190. The van der Waals surface area contributed by atoms with Crippen molar-refractivity contribution in [3.8, 4) is 0 Å². The van der Waals surface area contributed by atoms with E-state index in [4.69, 9.17) is 0 Å². The zero-order chi connectivity index (χ0) is 13.6. The first-order chi connectivity index (χ1) is 8.70. The lowest BCUT2D eigenvalue weighted by Crippen LogP contribution is -2.13. The second kappa shape index (κ2) is 13.1. The lowest BCUT2D eigenvalue weighted by atomic mass is 10.0. The molecule has 2 heteroatoms. The quantitative estimate of drug-likeness (QED) is 0.487. The average Bonchev–Trinajstić information content (AvgIpc) is 2.35. The molecule has 0 spiro atoms. The largest absolute Gasteiger partial charge is 0.393 e. The zero-order valence-corrected chi connectivity index (χ0v) is 12.4. The molecule has 0 aromatic heterocycles. The summed E-state index contributed by atoms with van der Waals surface area (Å²) in [5, 5.41) is 9.63. The van der Waals surface area contributed by atoms with Crippen LogP contribution in [0.15, 0.2) is 0 Å². The number of aliphatic hydroxyl groups is 1. The number of aliphatic hydroxyl groups excluding tert-OH is 1. The van der Waals surface area contributed by atoms with Crippen LogP contribution in [0.25, 0.3) is 0 Å². The van der Waals surface area contributed by atoms with E-state index in [-0.39, 0.29) is 5.78 Å². The molecule has 108 valence electrons. The molecule has 0 amide bonds. The maximum atomic E-state index is 11.6. The summed E-state index contributed by atoms with van der Waals surface area (Å²) in [6, 6.07) is 0. The van der Waals surface area contributed by atoms with E-state index in [1.54, 1.807) is 0 Å². The lowest BCUT2D eigenvalue weighted by molar-refractivity contribution is -0.121. The van der Waals surface area contributed by atoms with Crippen LogP contribution in [0.3, 0.4) is 0 Å². The number of carbonyl (C=O) groups is 1. The monoisotopic (exact) mass is 256 g/mol. The van der Waals surface area contributed by atoms with Crippen LogP contribution in [-0.4, -0.2) is 17.0 Å². The van der Waals surface area contributed by atoms with Crippen molar-refractivity contribution in [1.29, 1.82) is 0 Å². The van der Waals surface area contributed by atoms with Crippen LogP contribution in [0.5, 0.6) is 0 Å². The maximum absolute atomic E-state index is 11.6. The van der Waals surface area contributed by atoms with Gasteiger partial charge in [0.1, 0.15) is 5.78 Å². The summed E-state index contributed by atoms with van der Waals surface area (Å²) >= 11 is 0. The third kappa shape index (κ3) is 12.1. The van der Waals surface area contributed by atoms with Crippen LogP contribution in [0, 0.1) is 0 Å². The number of hydrogen-bond acceptors (Lipinski definition) is 2. The van der Waals surface area contributed by atoms with E-state index in [1.165, 1.54) is 38.5 Å². The van der Waals surface area contributed by atoms with Crippen LogP contribution in [0.1, 0.15) is 90.9 Å². The molecule has 2 nitrogen and oxygen atoms in total. The average molecular weight is 256 g/mol. The molecular weight excluding hydrogens is 224 g/mol. The number of hydrogen-bond donors (Lipinski definition) is 1. The molecule has 1 N–H and O–H groups in total. The fraction of sp³-hybridized carbons (Fsp3) is 0.938. The summed E-state index contributed by atoms with van der Waals surface area (Å²) in [5.41, 5.74) is 0. The Balaban J connectivity index is 3.31. The molecule has 1 atom stereocenters. The third-order valence-electron chi connectivity index (χ3n) is 3.41. The normalized spacial score (nSPS) is 12.6. The predicted molar refractivity (Wildman–Crippen MR) is 77.8 cm³/mol. The molecule has 0 aliphatic carbocycles. The summed E-state index contributed by atoms with van der Waals surface area (Å²) in [6.45, 7) is 4.33. The van der Waals surface area contributed by atoms with Gasteiger partial charge in [0.25, 0.3) is 0 Å². The Morgan fingerprint density at radius 3 is 2.06 bits per heavy atom. The molecule has 0 saturated heterocycles. The zero-order valence-electron chi connectivity index (χ0n) is 12.4. The van der Waals surface area contributed by atoms with Crippen LogP contribution in [0.2, 0.25) is 0 Å². The Labute approximate surface area is 113 Å². The first-order valence-electron chi connectivity index (χ1n) is 7.90. The predicted octanol–water partition coefficient (Wildman–Crippen LogP) is 4.64. The number of unbranched alkanes of at least 4 members (excludes halogenated alkanes) is 7. The van der Waals surface area contributed by atoms with Crippen molar-refractivity contribution in [3.63, 3.8) is 0 Å². The van der Waals surface area contributed by atoms with Crippen molar-refractivity contribution in [2.45, 2.75) is 97.0 Å². The van der Waals surface area contributed by atoms with Gasteiger partial charge in [-0.2, -0.15) is 0 Å². The summed E-state index contributed by atoms with van der Waals surface area (Å²) in [6.07, 6.45) is 12.2. The Hall–Kier alpha value is -0.370. The van der Waals surface area contributed by atoms with E-state index in [0.717, 1.165) is 25.7 Å². The van der Waals surface area contributed by atoms with Crippen LogP contribution in [-0.2, 0) is 4.79 Å². The van der Waals surface area contributed by atoms with Crippen molar-refractivity contribution >= 4 is 5.78 Å². The summed E-state index contributed by atoms with van der Waals surface area (Å²) in [5.74, 6) is 0.243. The molecule has 0 heterocycles. The lowest BCUT2D eigenvalue weighted by Gasteiger charge is -2.08. The van der Waals surface area contributed by atoms with Crippen molar-refractivity contribution in [1.82, 2.24) is 0 Å². The Morgan fingerprint density at radius 1 is 0.889 bits per heavy atom. The van der Waals surface area contributed by atoms with Gasteiger partial charge in [-0.3, -0.25) is 4.79 Å². The van der Waals surface area contributed by atoms with Gasteiger partial charge >= 0.3 is 0 Å². The number of Topliss-reactive ketones (excluding diaryl/α,β-unsaturated/α-hetero) is 1. The third-order valence-corrected chi connectivity index (χ3v) is 3.41. The molecular formula is C16H32O2. The van der Waals surface area contributed by atoms with Crippen molar-refractivity contribution < 1.29 is 9.90 Å². The van der Waals surface area contributed by atoms with Gasteiger partial charge in [0.2, 0.25) is 0 Å². The minimum Gasteiger partial charge on any atom is -0.393 e. The van der Waals surface area contributed by atoms with Gasteiger partial charge in [-0.15, -0.1) is 0 Å². The fourth-order valence-corrected chi connectivity index (χ4v) is 2.19. The molecule has 0 bridgehead atoms. The maximum Gasteiger partial charge on any atom is 0.135 e. The smallest absolute Gasteiger partial charge is 0.135 e. The van der Waals surface area contributed by atoms with Gasteiger partial charge in [-0.1, -0.05) is 65.2 Å². The summed E-state index contributed by atoms with van der Waals surface area (Å²) < 4.78 is 0. The molecule has 0 fully saturated rings. The molecule has 0 aromatic rings.